The van der Waals surface area contributed by atoms with Gasteiger partial charge in [-0.15, -0.1) is 0 Å². The predicted molar refractivity (Wildman–Crippen MR) is 66.0 cm³/mol. The van der Waals surface area contributed by atoms with E-state index < -0.39 is 44.0 Å². The molecule has 0 saturated heterocycles. The van der Waals surface area contributed by atoms with Crippen LogP contribution in [0.15, 0.2) is 23.1 Å². The van der Waals surface area contributed by atoms with Gasteiger partial charge in [0.05, 0.1) is 0 Å². The number of hydrogen-bond donors (Lipinski definition) is 1. The van der Waals surface area contributed by atoms with Gasteiger partial charge in [-0.1, -0.05) is 6.07 Å². The van der Waals surface area contributed by atoms with Crippen LogP contribution in [0.3, 0.4) is 0 Å². The molecule has 2 aromatic rings. The van der Waals surface area contributed by atoms with Gasteiger partial charge in [-0.25, -0.2) is 35.4 Å². The van der Waals surface area contributed by atoms with Gasteiger partial charge in [-0.05, 0) is 19.1 Å². The number of nitrogens with zero attached hydrogens (tertiary/aromatic N) is 1. The summed E-state index contributed by atoms with van der Waals surface area (Å²) in [6.07, 6.45) is 0. The first-order valence-electron chi connectivity index (χ1n) is 5.63. The maximum atomic E-state index is 13.5. The largest absolute Gasteiger partial charge is 0.269 e. The molecule has 1 aromatic carbocycles. The minimum absolute atomic E-state index is 0.330. The van der Waals surface area contributed by atoms with Gasteiger partial charge in [0, 0.05) is 5.69 Å². The average Bonchev–Trinajstić information content (AvgIpc) is 2.42. The molecule has 0 bridgehead atoms. The Morgan fingerprint density at radius 3 is 1.91 bits per heavy atom. The highest BCUT2D eigenvalue weighted by Crippen LogP contribution is 2.27. The second kappa shape index (κ2) is 5.52. The van der Waals surface area contributed by atoms with Crippen LogP contribution in [0, 0.1) is 36.0 Å². The van der Waals surface area contributed by atoms with Crippen molar-refractivity contribution in [2.45, 2.75) is 11.8 Å². The molecule has 0 aliphatic rings. The van der Waals surface area contributed by atoms with Gasteiger partial charge in [-0.2, -0.15) is 0 Å². The number of aromatic nitrogens is 1. The van der Waals surface area contributed by atoms with E-state index in [9.17, 15) is 30.4 Å². The van der Waals surface area contributed by atoms with Crippen LogP contribution in [0.5, 0.6) is 0 Å². The topological polar surface area (TPSA) is 59.1 Å². The quantitative estimate of drug-likeness (QED) is 0.532. The van der Waals surface area contributed by atoms with Crippen molar-refractivity contribution in [3.05, 3.63) is 53.0 Å². The first-order valence-corrected chi connectivity index (χ1v) is 7.11. The van der Waals surface area contributed by atoms with Crippen LogP contribution in [0.1, 0.15) is 5.69 Å². The third kappa shape index (κ3) is 2.73. The summed E-state index contributed by atoms with van der Waals surface area (Å²) in [7, 11) is -5.06. The Bertz CT molecular complexity index is 826. The van der Waals surface area contributed by atoms with Crippen LogP contribution in [0.2, 0.25) is 0 Å². The molecule has 0 radical (unpaired) electrons. The SMILES string of the molecule is Cc1cccc(NS(=O)(=O)c2c(F)c(F)c(F)c(F)c2F)n1. The smallest absolute Gasteiger partial charge is 0.263 e. The lowest BCUT2D eigenvalue weighted by Crippen LogP contribution is -2.20. The van der Waals surface area contributed by atoms with E-state index in [1.54, 1.807) is 4.72 Å². The van der Waals surface area contributed by atoms with Crippen molar-refractivity contribution >= 4 is 15.8 Å². The minimum Gasteiger partial charge on any atom is -0.263 e. The van der Waals surface area contributed by atoms with E-state index >= 15 is 0 Å². The molecule has 0 saturated carbocycles. The molecular weight excluding hydrogens is 331 g/mol. The summed E-state index contributed by atoms with van der Waals surface area (Å²) in [6, 6.07) is 4.05. The van der Waals surface area contributed by atoms with Crippen molar-refractivity contribution in [3.8, 4) is 0 Å². The molecule has 0 amide bonds. The Morgan fingerprint density at radius 1 is 0.909 bits per heavy atom. The van der Waals surface area contributed by atoms with Gasteiger partial charge in [-0.3, -0.25) is 4.72 Å². The number of hydrogen-bond acceptors (Lipinski definition) is 3. The lowest BCUT2D eigenvalue weighted by molar-refractivity contribution is 0.358. The highest BCUT2D eigenvalue weighted by Gasteiger charge is 2.33. The van der Waals surface area contributed by atoms with E-state index in [4.69, 9.17) is 0 Å². The lowest BCUT2D eigenvalue weighted by Gasteiger charge is -2.11. The second-order valence-corrected chi connectivity index (χ2v) is 5.79. The highest BCUT2D eigenvalue weighted by atomic mass is 32.2. The summed E-state index contributed by atoms with van der Waals surface area (Å²) in [5.74, 6) is -12.4. The first-order chi connectivity index (χ1) is 10.1. The van der Waals surface area contributed by atoms with Crippen molar-refractivity contribution in [2.24, 2.45) is 0 Å². The molecule has 22 heavy (non-hydrogen) atoms. The van der Waals surface area contributed by atoms with E-state index in [1.165, 1.54) is 19.1 Å². The number of nitrogens with one attached hydrogen (secondary N) is 1. The zero-order valence-electron chi connectivity index (χ0n) is 10.8. The van der Waals surface area contributed by atoms with E-state index in [1.807, 2.05) is 0 Å². The van der Waals surface area contributed by atoms with Gasteiger partial charge in [0.15, 0.2) is 28.2 Å². The molecular formula is C12H7F5N2O2S. The predicted octanol–water partition coefficient (Wildman–Crippen LogP) is 2.89. The third-order valence-electron chi connectivity index (χ3n) is 2.57. The Morgan fingerprint density at radius 2 is 1.41 bits per heavy atom. The number of halogens is 5. The Kier molecular flexibility index (Phi) is 4.05. The molecule has 1 heterocycles. The molecule has 0 spiro atoms. The van der Waals surface area contributed by atoms with Crippen molar-refractivity contribution in [3.63, 3.8) is 0 Å². The fourth-order valence-corrected chi connectivity index (χ4v) is 2.75. The van der Waals surface area contributed by atoms with E-state index in [2.05, 4.69) is 4.98 Å². The molecule has 1 aromatic heterocycles. The van der Waals surface area contributed by atoms with E-state index in [0.717, 1.165) is 6.07 Å². The maximum Gasteiger partial charge on any atom is 0.269 e. The molecule has 4 nitrogen and oxygen atoms in total. The van der Waals surface area contributed by atoms with Gasteiger partial charge < -0.3 is 0 Å². The molecule has 0 atom stereocenters. The Hall–Kier alpha value is -2.23. The maximum absolute atomic E-state index is 13.5. The van der Waals surface area contributed by atoms with Gasteiger partial charge in [0.1, 0.15) is 5.82 Å². The normalized spacial score (nSPS) is 11.5. The summed E-state index contributed by atoms with van der Waals surface area (Å²) < 4.78 is 91.5. The van der Waals surface area contributed by atoms with E-state index in [0.29, 0.717) is 5.69 Å². The van der Waals surface area contributed by atoms with Crippen molar-refractivity contribution in [1.29, 1.82) is 0 Å². The number of benzene rings is 1. The number of sulfonamides is 1. The van der Waals surface area contributed by atoms with Gasteiger partial charge >= 0.3 is 0 Å². The van der Waals surface area contributed by atoms with Gasteiger partial charge in [0.25, 0.3) is 10.0 Å². The zero-order chi connectivity index (χ0) is 16.7. The Balaban J connectivity index is 2.60. The molecule has 1 N–H and O–H groups in total. The van der Waals surface area contributed by atoms with Crippen LogP contribution in [-0.4, -0.2) is 13.4 Å². The molecule has 10 heteroatoms. The van der Waals surface area contributed by atoms with Gasteiger partial charge in [0.2, 0.25) is 5.82 Å². The van der Waals surface area contributed by atoms with Crippen molar-refractivity contribution in [2.75, 3.05) is 4.72 Å². The van der Waals surface area contributed by atoms with Crippen LogP contribution >= 0.6 is 0 Å². The third-order valence-corrected chi connectivity index (χ3v) is 3.94. The van der Waals surface area contributed by atoms with Crippen molar-refractivity contribution < 1.29 is 30.4 Å². The zero-order valence-corrected chi connectivity index (χ0v) is 11.6. The van der Waals surface area contributed by atoms with Crippen LogP contribution in [-0.2, 0) is 10.0 Å². The fourth-order valence-electron chi connectivity index (χ4n) is 1.61. The molecule has 118 valence electrons. The van der Waals surface area contributed by atoms with Crippen molar-refractivity contribution in [1.82, 2.24) is 4.98 Å². The highest BCUT2D eigenvalue weighted by molar-refractivity contribution is 7.92. The summed E-state index contributed by atoms with van der Waals surface area (Å²) >= 11 is 0. The summed E-state index contributed by atoms with van der Waals surface area (Å²) in [4.78, 5) is 1.74. The number of pyridine rings is 1. The fraction of sp³-hybridized carbons (Fsp3) is 0.0833. The standard InChI is InChI=1S/C12H7F5N2O2S/c1-5-3-2-4-6(18-5)19-22(20,21)12-10(16)8(14)7(13)9(15)11(12)17/h2-4H,1H3,(H,18,19). The lowest BCUT2D eigenvalue weighted by atomic mass is 10.3. The molecule has 0 unspecified atom stereocenters. The summed E-state index contributed by atoms with van der Waals surface area (Å²) in [6.45, 7) is 1.51. The number of anilines is 1. The summed E-state index contributed by atoms with van der Waals surface area (Å²) in [5.41, 5.74) is 0.373. The molecule has 0 aliphatic heterocycles. The van der Waals surface area contributed by atoms with Crippen LogP contribution in [0.25, 0.3) is 0 Å². The monoisotopic (exact) mass is 338 g/mol. The van der Waals surface area contributed by atoms with Crippen LogP contribution in [0.4, 0.5) is 27.8 Å². The average molecular weight is 338 g/mol. The number of aryl methyl sites for hydroxylation is 1. The summed E-state index contributed by atoms with van der Waals surface area (Å²) in [5, 5.41) is 0. The van der Waals surface area contributed by atoms with E-state index in [-0.39, 0.29) is 5.82 Å². The first kappa shape index (κ1) is 16.1. The molecule has 0 fully saturated rings. The van der Waals surface area contributed by atoms with Crippen LogP contribution < -0.4 is 4.72 Å². The second-order valence-electron chi connectivity index (χ2n) is 4.17. The Labute approximate surface area is 121 Å². The molecule has 0 aliphatic carbocycles. The molecule has 2 rings (SSSR count). The minimum atomic E-state index is -5.06. The number of rotatable bonds is 3.